The Morgan fingerprint density at radius 3 is 2.28 bits per heavy atom. The van der Waals surface area contributed by atoms with Gasteiger partial charge in [0.25, 0.3) is 0 Å². The molecule has 0 spiro atoms. The predicted molar refractivity (Wildman–Crippen MR) is 144 cm³/mol. The number of nitrogens with one attached hydrogen (secondary N) is 1. The molecule has 3 aromatic carbocycles. The van der Waals surface area contributed by atoms with Gasteiger partial charge in [-0.05, 0) is 91.5 Å². The van der Waals surface area contributed by atoms with Gasteiger partial charge >= 0.3 is 6.18 Å². The highest BCUT2D eigenvalue weighted by Crippen LogP contribution is 2.33. The lowest BCUT2D eigenvalue weighted by atomic mass is 9.89. The van der Waals surface area contributed by atoms with Gasteiger partial charge in [-0.2, -0.15) is 13.2 Å². The first-order chi connectivity index (χ1) is 18.6. The third-order valence-corrected chi connectivity index (χ3v) is 7.15. The summed E-state index contributed by atoms with van der Waals surface area (Å²) in [5, 5.41) is 2.97. The van der Waals surface area contributed by atoms with Gasteiger partial charge < -0.3 is 15.0 Å². The van der Waals surface area contributed by atoms with Crippen molar-refractivity contribution in [2.45, 2.75) is 51.3 Å². The van der Waals surface area contributed by atoms with E-state index in [-0.39, 0.29) is 17.6 Å². The first-order valence-electron chi connectivity index (χ1n) is 13.3. The Labute approximate surface area is 227 Å². The first kappa shape index (κ1) is 28.6. The van der Waals surface area contributed by atoms with Crippen molar-refractivity contribution in [3.05, 3.63) is 95.3 Å². The second-order valence-electron chi connectivity index (χ2n) is 10.4. The number of halogens is 4. The van der Waals surface area contributed by atoms with Crippen LogP contribution in [0.2, 0.25) is 0 Å². The van der Waals surface area contributed by atoms with Crippen molar-refractivity contribution in [2.75, 3.05) is 25.0 Å². The Balaban J connectivity index is 1.36. The van der Waals surface area contributed by atoms with Crippen LogP contribution in [0.15, 0.2) is 72.8 Å². The van der Waals surface area contributed by atoms with E-state index in [2.05, 4.69) is 22.3 Å². The average Bonchev–Trinajstić information content (AvgIpc) is 2.92. The molecular weight excluding hydrogens is 508 g/mol. The fourth-order valence-electron chi connectivity index (χ4n) is 4.80. The molecule has 3 aromatic rings. The molecule has 0 aromatic heterocycles. The minimum Gasteiger partial charge on any atom is -0.486 e. The SMILES string of the molecule is CC(C)C(=O)Nc1cccc(C2CCN(CCC(Oc3ccc(C(F)(F)F)cc3)c3ccc(F)cc3)CC2)c1. The van der Waals surface area contributed by atoms with Gasteiger partial charge in [-0.25, -0.2) is 4.39 Å². The number of piperidine rings is 1. The third-order valence-electron chi connectivity index (χ3n) is 7.15. The molecular formula is C31H34F4N2O2. The summed E-state index contributed by atoms with van der Waals surface area (Å²) in [6.45, 7) is 6.25. The van der Waals surface area contributed by atoms with E-state index in [1.807, 2.05) is 26.0 Å². The lowest BCUT2D eigenvalue weighted by Gasteiger charge is -2.33. The van der Waals surface area contributed by atoms with E-state index < -0.39 is 17.8 Å². The quantitative estimate of drug-likeness (QED) is 0.280. The van der Waals surface area contributed by atoms with Crippen molar-refractivity contribution >= 4 is 11.6 Å². The number of benzene rings is 3. The highest BCUT2D eigenvalue weighted by Gasteiger charge is 2.30. The zero-order chi connectivity index (χ0) is 28.0. The number of likely N-dealkylation sites (tertiary alicyclic amines) is 1. The van der Waals surface area contributed by atoms with Crippen LogP contribution in [0.4, 0.5) is 23.2 Å². The molecule has 0 radical (unpaired) electrons. The summed E-state index contributed by atoms with van der Waals surface area (Å²) >= 11 is 0. The molecule has 4 rings (SSSR count). The van der Waals surface area contributed by atoms with Crippen molar-refractivity contribution in [2.24, 2.45) is 5.92 Å². The Bertz CT molecular complexity index is 1220. The van der Waals surface area contributed by atoms with Gasteiger partial charge in [-0.3, -0.25) is 4.79 Å². The van der Waals surface area contributed by atoms with Gasteiger partial charge in [0.05, 0.1) is 5.56 Å². The minimum atomic E-state index is -4.41. The highest BCUT2D eigenvalue weighted by molar-refractivity contribution is 5.92. The predicted octanol–water partition coefficient (Wildman–Crippen LogP) is 7.83. The normalized spacial score (nSPS) is 15.8. The largest absolute Gasteiger partial charge is 0.486 e. The van der Waals surface area contributed by atoms with Gasteiger partial charge in [-0.1, -0.05) is 38.1 Å². The van der Waals surface area contributed by atoms with Crippen LogP contribution in [0.5, 0.6) is 5.75 Å². The Morgan fingerprint density at radius 1 is 1.00 bits per heavy atom. The number of nitrogens with zero attached hydrogens (tertiary/aromatic N) is 1. The van der Waals surface area contributed by atoms with Gasteiger partial charge in [0.15, 0.2) is 0 Å². The van der Waals surface area contributed by atoms with E-state index in [4.69, 9.17) is 4.74 Å². The summed E-state index contributed by atoms with van der Waals surface area (Å²) in [5.41, 5.74) is 2.07. The summed E-state index contributed by atoms with van der Waals surface area (Å²) in [6.07, 6.45) is -2.29. The third kappa shape index (κ3) is 8.05. The van der Waals surface area contributed by atoms with Gasteiger partial charge in [0, 0.05) is 24.6 Å². The molecule has 1 heterocycles. The van der Waals surface area contributed by atoms with Crippen LogP contribution >= 0.6 is 0 Å². The second kappa shape index (κ2) is 12.6. The van der Waals surface area contributed by atoms with Crippen LogP contribution in [0, 0.1) is 11.7 Å². The van der Waals surface area contributed by atoms with Crippen LogP contribution in [0.1, 0.15) is 61.8 Å². The Morgan fingerprint density at radius 2 is 1.67 bits per heavy atom. The fraction of sp³-hybridized carbons (Fsp3) is 0.387. The van der Waals surface area contributed by atoms with Gasteiger partial charge in [0.2, 0.25) is 5.91 Å². The maximum atomic E-state index is 13.5. The number of hydrogen-bond donors (Lipinski definition) is 1. The van der Waals surface area contributed by atoms with Gasteiger partial charge in [-0.15, -0.1) is 0 Å². The minimum absolute atomic E-state index is 0.00353. The maximum Gasteiger partial charge on any atom is 0.416 e. The average molecular weight is 543 g/mol. The molecule has 1 N–H and O–H groups in total. The molecule has 1 fully saturated rings. The van der Waals surface area contributed by atoms with Crippen LogP contribution in [-0.4, -0.2) is 30.4 Å². The zero-order valence-corrected chi connectivity index (χ0v) is 22.2. The summed E-state index contributed by atoms with van der Waals surface area (Å²) < 4.78 is 58.5. The van der Waals surface area contributed by atoms with Crippen molar-refractivity contribution in [1.29, 1.82) is 0 Å². The van der Waals surface area contributed by atoms with E-state index >= 15 is 0 Å². The molecule has 1 aliphatic rings. The molecule has 1 saturated heterocycles. The van der Waals surface area contributed by atoms with Crippen LogP contribution in [-0.2, 0) is 11.0 Å². The second-order valence-corrected chi connectivity index (χ2v) is 10.4. The molecule has 4 nitrogen and oxygen atoms in total. The number of hydrogen-bond acceptors (Lipinski definition) is 3. The summed E-state index contributed by atoms with van der Waals surface area (Å²) in [5.74, 6) is 0.283. The molecule has 1 aliphatic heterocycles. The van der Waals surface area contributed by atoms with Crippen molar-refractivity contribution in [3.8, 4) is 5.75 Å². The number of rotatable bonds is 9. The Kier molecular flexibility index (Phi) is 9.28. The molecule has 208 valence electrons. The van der Waals surface area contributed by atoms with E-state index in [1.165, 1.54) is 29.8 Å². The maximum absolute atomic E-state index is 13.5. The number of alkyl halides is 3. The fourth-order valence-corrected chi connectivity index (χ4v) is 4.80. The van der Waals surface area contributed by atoms with E-state index in [0.29, 0.717) is 18.1 Å². The summed E-state index contributed by atoms with van der Waals surface area (Å²) in [4.78, 5) is 14.4. The monoisotopic (exact) mass is 542 g/mol. The number of ether oxygens (including phenoxy) is 1. The first-order valence-corrected chi connectivity index (χ1v) is 13.3. The highest BCUT2D eigenvalue weighted by atomic mass is 19.4. The molecule has 0 bridgehead atoms. The van der Waals surface area contributed by atoms with E-state index in [0.717, 1.165) is 55.9 Å². The van der Waals surface area contributed by atoms with Crippen LogP contribution in [0.25, 0.3) is 0 Å². The number of carbonyl (C=O) groups excluding carboxylic acids is 1. The lowest BCUT2D eigenvalue weighted by molar-refractivity contribution is -0.137. The molecule has 39 heavy (non-hydrogen) atoms. The molecule has 8 heteroatoms. The lowest BCUT2D eigenvalue weighted by Crippen LogP contribution is -2.34. The number of anilines is 1. The number of carbonyl (C=O) groups is 1. The van der Waals surface area contributed by atoms with E-state index in [9.17, 15) is 22.4 Å². The topological polar surface area (TPSA) is 41.6 Å². The van der Waals surface area contributed by atoms with Crippen molar-refractivity contribution in [3.63, 3.8) is 0 Å². The molecule has 0 saturated carbocycles. The molecule has 1 atom stereocenters. The number of amides is 1. The van der Waals surface area contributed by atoms with Crippen molar-refractivity contribution < 1.29 is 27.1 Å². The van der Waals surface area contributed by atoms with E-state index in [1.54, 1.807) is 12.1 Å². The van der Waals surface area contributed by atoms with Crippen molar-refractivity contribution in [1.82, 2.24) is 4.90 Å². The Hall–Kier alpha value is -3.39. The van der Waals surface area contributed by atoms with Gasteiger partial charge in [0.1, 0.15) is 17.7 Å². The standard InChI is InChI=1S/C31H34F4N2O2/c1-21(2)30(38)36-27-5-3-4-24(20-27)22-14-17-37(18-15-22)19-16-29(23-6-10-26(32)11-7-23)39-28-12-8-25(9-13-28)31(33,34)35/h3-13,20-22,29H,14-19H2,1-2H3,(H,36,38). The molecule has 1 amide bonds. The van der Waals surface area contributed by atoms with Crippen LogP contribution in [0.3, 0.4) is 0 Å². The van der Waals surface area contributed by atoms with Crippen LogP contribution < -0.4 is 10.1 Å². The zero-order valence-electron chi connectivity index (χ0n) is 22.2. The molecule has 0 aliphatic carbocycles. The summed E-state index contributed by atoms with van der Waals surface area (Å²) in [7, 11) is 0. The smallest absolute Gasteiger partial charge is 0.416 e. The summed E-state index contributed by atoms with van der Waals surface area (Å²) in [6, 6.07) is 18.7. The molecule has 1 unspecified atom stereocenters.